The predicted octanol–water partition coefficient (Wildman–Crippen LogP) is 5.91. The lowest BCUT2D eigenvalue weighted by Crippen LogP contribution is -2.55. The van der Waals surface area contributed by atoms with Gasteiger partial charge in [0.15, 0.2) is 5.60 Å². The topological polar surface area (TPSA) is 46.6 Å². The molecular formula is C23H26BrClFNO3S. The Morgan fingerprint density at radius 3 is 2.52 bits per heavy atom. The fraction of sp³-hybridized carbons (Fsp3) is 0.478. The molecule has 1 fully saturated rings. The van der Waals surface area contributed by atoms with Gasteiger partial charge >= 0.3 is 0 Å². The summed E-state index contributed by atoms with van der Waals surface area (Å²) in [6, 6.07) is 10.5. The Morgan fingerprint density at radius 1 is 1.26 bits per heavy atom. The van der Waals surface area contributed by atoms with Crippen LogP contribution in [0.1, 0.15) is 45.2 Å². The van der Waals surface area contributed by atoms with Crippen LogP contribution in [0.3, 0.4) is 0 Å². The number of nitrogens with zero attached hydrogens (tertiary/aromatic N) is 1. The fourth-order valence-electron chi connectivity index (χ4n) is 4.67. The SMILES string of the molecule is CC1CC([C@@]2(c3ccccc3)Cc3c(cc(F)c(Cl)c3Br)O2)N(S(=O)(=O)C(C)(C)C)C1. The highest BCUT2D eigenvalue weighted by atomic mass is 79.9. The predicted molar refractivity (Wildman–Crippen MR) is 125 cm³/mol. The molecule has 0 saturated carbocycles. The summed E-state index contributed by atoms with van der Waals surface area (Å²) in [6.45, 7) is 7.63. The summed E-state index contributed by atoms with van der Waals surface area (Å²) >= 11 is 9.59. The van der Waals surface area contributed by atoms with Crippen LogP contribution >= 0.6 is 27.5 Å². The summed E-state index contributed by atoms with van der Waals surface area (Å²) in [5, 5.41) is 0.00479. The van der Waals surface area contributed by atoms with Crippen molar-refractivity contribution in [1.82, 2.24) is 4.31 Å². The van der Waals surface area contributed by atoms with Crippen LogP contribution in [-0.4, -0.2) is 30.1 Å². The number of ether oxygens (including phenoxy) is 1. The Kier molecular flexibility index (Phi) is 5.73. The number of rotatable bonds is 3. The summed E-state index contributed by atoms with van der Waals surface area (Å²) in [5.74, 6) is -0.0146. The first-order valence-corrected chi connectivity index (χ1v) is 12.9. The van der Waals surface area contributed by atoms with E-state index in [1.807, 2.05) is 30.3 Å². The number of sulfonamides is 1. The van der Waals surface area contributed by atoms with E-state index in [1.165, 1.54) is 6.07 Å². The van der Waals surface area contributed by atoms with Crippen LogP contribution in [0.4, 0.5) is 4.39 Å². The van der Waals surface area contributed by atoms with Gasteiger partial charge < -0.3 is 4.74 Å². The second kappa shape index (κ2) is 7.72. The van der Waals surface area contributed by atoms with E-state index < -0.39 is 32.2 Å². The number of hydrogen-bond acceptors (Lipinski definition) is 3. The third-order valence-corrected chi connectivity index (χ3v) is 10.3. The Labute approximate surface area is 196 Å². The monoisotopic (exact) mass is 529 g/mol. The Bertz CT molecular complexity index is 1120. The van der Waals surface area contributed by atoms with Gasteiger partial charge in [-0.2, -0.15) is 4.31 Å². The van der Waals surface area contributed by atoms with Crippen LogP contribution in [0.2, 0.25) is 5.02 Å². The standard InChI is InChI=1S/C23H26BrClFNO3S/c1-14-10-19(27(13-14)31(28,29)22(2,3)4)23(15-8-6-5-7-9-15)12-16-18(30-23)11-17(26)21(25)20(16)24/h5-9,11,14,19H,10,12-13H2,1-4H3/t14?,19?,23-/m0/s1. The first-order chi connectivity index (χ1) is 14.4. The van der Waals surface area contributed by atoms with Gasteiger partial charge in [-0.25, -0.2) is 12.8 Å². The molecule has 8 heteroatoms. The highest BCUT2D eigenvalue weighted by Gasteiger charge is 2.57. The molecule has 2 heterocycles. The molecule has 0 amide bonds. The quantitative estimate of drug-likeness (QED) is 0.464. The van der Waals surface area contributed by atoms with Gasteiger partial charge in [0, 0.05) is 29.1 Å². The van der Waals surface area contributed by atoms with E-state index in [4.69, 9.17) is 16.3 Å². The number of halogens is 3. The van der Waals surface area contributed by atoms with Gasteiger partial charge in [-0.15, -0.1) is 0 Å². The van der Waals surface area contributed by atoms with Crippen LogP contribution in [-0.2, 0) is 22.0 Å². The molecule has 0 spiro atoms. The number of benzene rings is 2. The van der Waals surface area contributed by atoms with E-state index in [9.17, 15) is 12.8 Å². The molecule has 2 aromatic rings. The van der Waals surface area contributed by atoms with Gasteiger partial charge in [-0.1, -0.05) is 48.9 Å². The van der Waals surface area contributed by atoms with Gasteiger partial charge in [0.2, 0.25) is 10.0 Å². The van der Waals surface area contributed by atoms with E-state index in [2.05, 4.69) is 22.9 Å². The molecule has 0 aromatic heterocycles. The smallest absolute Gasteiger partial charge is 0.219 e. The van der Waals surface area contributed by atoms with Crippen molar-refractivity contribution in [2.75, 3.05) is 6.54 Å². The first-order valence-electron chi connectivity index (χ1n) is 10.3. The van der Waals surface area contributed by atoms with Crippen LogP contribution in [0.5, 0.6) is 5.75 Å². The molecule has 2 aliphatic rings. The van der Waals surface area contributed by atoms with Crippen molar-refractivity contribution in [3.05, 3.63) is 62.8 Å². The molecule has 0 bridgehead atoms. The number of hydrogen-bond donors (Lipinski definition) is 0. The maximum atomic E-state index is 14.4. The van der Waals surface area contributed by atoms with Crippen molar-refractivity contribution < 1.29 is 17.5 Å². The molecule has 1 saturated heterocycles. The average molecular weight is 531 g/mol. The van der Waals surface area contributed by atoms with Crippen molar-refractivity contribution in [2.45, 2.75) is 56.9 Å². The summed E-state index contributed by atoms with van der Waals surface area (Å²) in [4.78, 5) is 0. The minimum absolute atomic E-state index is 0.00479. The lowest BCUT2D eigenvalue weighted by molar-refractivity contribution is 0.0275. The molecule has 0 N–H and O–H groups in total. The van der Waals surface area contributed by atoms with E-state index in [-0.39, 0.29) is 10.9 Å². The molecule has 0 aliphatic carbocycles. The Morgan fingerprint density at radius 2 is 1.90 bits per heavy atom. The Hall–Kier alpha value is -1.15. The van der Waals surface area contributed by atoms with E-state index in [1.54, 1.807) is 25.1 Å². The number of fused-ring (bicyclic) bond motifs is 1. The summed E-state index contributed by atoms with van der Waals surface area (Å²) in [6.07, 6.45) is 1.03. The van der Waals surface area contributed by atoms with Crippen LogP contribution in [0.15, 0.2) is 40.9 Å². The first kappa shape index (κ1) is 23.0. The molecule has 4 nitrogen and oxygen atoms in total. The van der Waals surface area contributed by atoms with Crippen molar-refractivity contribution in [3.8, 4) is 5.75 Å². The van der Waals surface area contributed by atoms with Gasteiger partial charge in [0.05, 0.1) is 15.8 Å². The van der Waals surface area contributed by atoms with Gasteiger partial charge in [-0.05, 0) is 54.6 Å². The molecule has 31 heavy (non-hydrogen) atoms. The van der Waals surface area contributed by atoms with Crippen molar-refractivity contribution in [3.63, 3.8) is 0 Å². The highest BCUT2D eigenvalue weighted by Crippen LogP contribution is 2.52. The highest BCUT2D eigenvalue weighted by molar-refractivity contribution is 9.10. The maximum Gasteiger partial charge on any atom is 0.219 e. The van der Waals surface area contributed by atoms with Crippen LogP contribution in [0, 0.1) is 11.7 Å². The van der Waals surface area contributed by atoms with E-state index in [0.717, 1.165) is 11.1 Å². The van der Waals surface area contributed by atoms with E-state index in [0.29, 0.717) is 29.6 Å². The molecule has 2 unspecified atom stereocenters. The third-order valence-electron chi connectivity index (χ3n) is 6.30. The molecular weight excluding hydrogens is 505 g/mol. The minimum atomic E-state index is -3.61. The summed E-state index contributed by atoms with van der Waals surface area (Å²) < 4.78 is 49.2. The molecule has 3 atom stereocenters. The third kappa shape index (κ3) is 3.62. The second-order valence-corrected chi connectivity index (χ2v) is 13.4. The molecule has 0 radical (unpaired) electrons. The van der Waals surface area contributed by atoms with Gasteiger partial charge in [0.1, 0.15) is 11.6 Å². The average Bonchev–Trinajstić information content (AvgIpc) is 3.28. The normalized spacial score (nSPS) is 26.7. The summed E-state index contributed by atoms with van der Waals surface area (Å²) in [5.41, 5.74) is 0.637. The largest absolute Gasteiger partial charge is 0.480 e. The van der Waals surface area contributed by atoms with Crippen molar-refractivity contribution in [1.29, 1.82) is 0 Å². The molecule has 2 aromatic carbocycles. The van der Waals surface area contributed by atoms with Crippen LogP contribution in [0.25, 0.3) is 0 Å². The summed E-state index contributed by atoms with van der Waals surface area (Å²) in [7, 11) is -3.61. The second-order valence-electron chi connectivity index (χ2n) is 9.54. The fourth-order valence-corrected chi connectivity index (χ4v) is 7.11. The maximum absolute atomic E-state index is 14.4. The van der Waals surface area contributed by atoms with Gasteiger partial charge in [0.25, 0.3) is 0 Å². The van der Waals surface area contributed by atoms with E-state index >= 15 is 0 Å². The lowest BCUT2D eigenvalue weighted by atomic mass is 9.81. The zero-order valence-electron chi connectivity index (χ0n) is 18.0. The van der Waals surface area contributed by atoms with Crippen molar-refractivity contribution in [2.24, 2.45) is 5.92 Å². The molecule has 2 aliphatic heterocycles. The zero-order chi connectivity index (χ0) is 22.8. The minimum Gasteiger partial charge on any atom is -0.480 e. The zero-order valence-corrected chi connectivity index (χ0v) is 21.1. The molecule has 168 valence electrons. The van der Waals surface area contributed by atoms with Crippen molar-refractivity contribution >= 4 is 37.6 Å². The molecule has 4 rings (SSSR count). The van der Waals surface area contributed by atoms with Gasteiger partial charge in [-0.3, -0.25) is 0 Å². The Balaban J connectivity index is 1.91. The van der Waals surface area contributed by atoms with Crippen LogP contribution < -0.4 is 4.74 Å². The lowest BCUT2D eigenvalue weighted by Gasteiger charge is -2.41.